The van der Waals surface area contributed by atoms with Gasteiger partial charge in [-0.3, -0.25) is 4.79 Å². The van der Waals surface area contributed by atoms with Crippen LogP contribution in [-0.4, -0.2) is 21.7 Å². The minimum absolute atomic E-state index is 0.0371. The van der Waals surface area contributed by atoms with E-state index in [-0.39, 0.29) is 24.2 Å². The smallest absolute Gasteiger partial charge is 0.255 e. The molecule has 2 atom stereocenters. The van der Waals surface area contributed by atoms with Gasteiger partial charge in [-0.2, -0.15) is 0 Å². The first-order valence-corrected chi connectivity index (χ1v) is 7.02. The van der Waals surface area contributed by atoms with E-state index in [1.807, 2.05) is 44.2 Å². The van der Waals surface area contributed by atoms with Crippen molar-refractivity contribution in [1.29, 1.82) is 0 Å². The quantitative estimate of drug-likeness (QED) is 0.783. The molecule has 1 aromatic carbocycles. The molecule has 3 N–H and O–H groups in total. The molecule has 2 aromatic rings. The maximum Gasteiger partial charge on any atom is 0.255 e. The van der Waals surface area contributed by atoms with Crippen molar-refractivity contribution in [2.45, 2.75) is 32.9 Å². The van der Waals surface area contributed by atoms with Crippen molar-refractivity contribution < 1.29 is 5.11 Å². The van der Waals surface area contributed by atoms with Crippen molar-refractivity contribution in [1.82, 2.24) is 15.3 Å². The van der Waals surface area contributed by atoms with Crippen LogP contribution < -0.4 is 10.9 Å². The molecule has 21 heavy (non-hydrogen) atoms. The standard InChI is InChI=1S/C16H21N3O2/c1-10-15(16(21)19-12(3)17-10)11(2)18-14(9-20)13-7-5-4-6-8-13/h4-8,11,14,18,20H,9H2,1-3H3,(H,17,19,21)/t11?,14-/m1/s1. The van der Waals surface area contributed by atoms with Crippen LogP contribution in [0.5, 0.6) is 0 Å². The number of benzene rings is 1. The third-order valence-electron chi connectivity index (χ3n) is 3.53. The second kappa shape index (κ2) is 6.65. The van der Waals surface area contributed by atoms with Crippen LogP contribution in [-0.2, 0) is 0 Å². The molecular formula is C16H21N3O2. The van der Waals surface area contributed by atoms with Crippen LogP contribution in [0.25, 0.3) is 0 Å². The van der Waals surface area contributed by atoms with Gasteiger partial charge in [-0.15, -0.1) is 0 Å². The predicted octanol–water partition coefficient (Wildman–Crippen LogP) is 1.77. The molecule has 1 unspecified atom stereocenters. The second-order valence-corrected chi connectivity index (χ2v) is 5.18. The first-order chi connectivity index (χ1) is 10.0. The summed E-state index contributed by atoms with van der Waals surface area (Å²) in [6.07, 6.45) is 0. The molecule has 0 spiro atoms. The van der Waals surface area contributed by atoms with Gasteiger partial charge < -0.3 is 15.4 Å². The molecule has 5 nitrogen and oxygen atoms in total. The van der Waals surface area contributed by atoms with Crippen molar-refractivity contribution in [2.75, 3.05) is 6.61 Å². The maximum atomic E-state index is 12.1. The van der Waals surface area contributed by atoms with Gasteiger partial charge in [0.15, 0.2) is 0 Å². The van der Waals surface area contributed by atoms with Crippen LogP contribution in [0.4, 0.5) is 0 Å². The number of aliphatic hydroxyl groups excluding tert-OH is 1. The fraction of sp³-hybridized carbons (Fsp3) is 0.375. The van der Waals surface area contributed by atoms with E-state index in [4.69, 9.17) is 0 Å². The van der Waals surface area contributed by atoms with Gasteiger partial charge in [0.2, 0.25) is 0 Å². The van der Waals surface area contributed by atoms with Gasteiger partial charge in [0.1, 0.15) is 5.82 Å². The number of nitrogens with one attached hydrogen (secondary N) is 2. The minimum Gasteiger partial charge on any atom is -0.394 e. The van der Waals surface area contributed by atoms with E-state index in [0.29, 0.717) is 17.1 Å². The molecule has 5 heteroatoms. The average Bonchev–Trinajstić information content (AvgIpc) is 2.44. The lowest BCUT2D eigenvalue weighted by Crippen LogP contribution is -2.32. The molecule has 1 heterocycles. The fourth-order valence-electron chi connectivity index (χ4n) is 2.57. The molecule has 0 aliphatic rings. The Kier molecular flexibility index (Phi) is 4.88. The van der Waals surface area contributed by atoms with E-state index in [0.717, 1.165) is 5.56 Å². The summed E-state index contributed by atoms with van der Waals surface area (Å²) in [5.74, 6) is 0.607. The van der Waals surface area contributed by atoms with E-state index in [9.17, 15) is 9.90 Å². The van der Waals surface area contributed by atoms with E-state index < -0.39 is 0 Å². The summed E-state index contributed by atoms with van der Waals surface area (Å²) in [4.78, 5) is 19.1. The molecular weight excluding hydrogens is 266 g/mol. The zero-order valence-corrected chi connectivity index (χ0v) is 12.6. The molecule has 0 aliphatic heterocycles. The number of nitrogens with zero attached hydrogens (tertiary/aromatic N) is 1. The van der Waals surface area contributed by atoms with Gasteiger partial charge in [0.05, 0.1) is 18.2 Å². The summed E-state index contributed by atoms with van der Waals surface area (Å²) < 4.78 is 0. The number of rotatable bonds is 5. The van der Waals surface area contributed by atoms with E-state index in [2.05, 4.69) is 15.3 Å². The van der Waals surface area contributed by atoms with Crippen LogP contribution in [0.15, 0.2) is 35.1 Å². The molecule has 0 fully saturated rings. The van der Waals surface area contributed by atoms with Crippen LogP contribution in [0.3, 0.4) is 0 Å². The number of hydrogen-bond acceptors (Lipinski definition) is 4. The number of aryl methyl sites for hydroxylation is 2. The lowest BCUT2D eigenvalue weighted by molar-refractivity contribution is 0.235. The van der Waals surface area contributed by atoms with Gasteiger partial charge in [-0.1, -0.05) is 30.3 Å². The van der Waals surface area contributed by atoms with Crippen LogP contribution >= 0.6 is 0 Å². The minimum atomic E-state index is -0.221. The highest BCUT2D eigenvalue weighted by atomic mass is 16.3. The number of aliphatic hydroxyl groups is 1. The molecule has 112 valence electrons. The Morgan fingerprint density at radius 2 is 1.95 bits per heavy atom. The summed E-state index contributed by atoms with van der Waals surface area (Å²) >= 11 is 0. The second-order valence-electron chi connectivity index (χ2n) is 5.18. The van der Waals surface area contributed by atoms with Crippen molar-refractivity contribution in [3.63, 3.8) is 0 Å². The molecule has 0 amide bonds. The molecule has 2 rings (SSSR count). The van der Waals surface area contributed by atoms with Crippen molar-refractivity contribution in [2.24, 2.45) is 0 Å². The van der Waals surface area contributed by atoms with Gasteiger partial charge in [-0.05, 0) is 26.3 Å². The highest BCUT2D eigenvalue weighted by Gasteiger charge is 2.19. The van der Waals surface area contributed by atoms with Gasteiger partial charge in [0, 0.05) is 11.7 Å². The number of aromatic amines is 1. The topological polar surface area (TPSA) is 78.0 Å². The van der Waals surface area contributed by atoms with Crippen molar-refractivity contribution in [3.8, 4) is 0 Å². The van der Waals surface area contributed by atoms with Crippen molar-refractivity contribution in [3.05, 3.63) is 63.3 Å². The summed E-state index contributed by atoms with van der Waals surface area (Å²) in [6, 6.07) is 9.25. The average molecular weight is 287 g/mol. The summed E-state index contributed by atoms with van der Waals surface area (Å²) in [6.45, 7) is 5.45. The van der Waals surface area contributed by atoms with Crippen LogP contribution in [0.2, 0.25) is 0 Å². The Bertz CT molecular complexity index is 652. The summed E-state index contributed by atoms with van der Waals surface area (Å²) in [5, 5.41) is 12.9. The van der Waals surface area contributed by atoms with E-state index >= 15 is 0 Å². The highest BCUT2D eigenvalue weighted by Crippen LogP contribution is 2.18. The Hall–Kier alpha value is -1.98. The first kappa shape index (κ1) is 15.4. The zero-order chi connectivity index (χ0) is 15.4. The van der Waals surface area contributed by atoms with Crippen molar-refractivity contribution >= 4 is 0 Å². The number of aromatic nitrogens is 2. The molecule has 1 aromatic heterocycles. The monoisotopic (exact) mass is 287 g/mol. The normalized spacial score (nSPS) is 13.9. The number of H-pyrrole nitrogens is 1. The number of hydrogen-bond donors (Lipinski definition) is 3. The Morgan fingerprint density at radius 3 is 2.52 bits per heavy atom. The summed E-state index contributed by atoms with van der Waals surface area (Å²) in [5.41, 5.74) is 2.17. The maximum absolute atomic E-state index is 12.1. The largest absolute Gasteiger partial charge is 0.394 e. The Balaban J connectivity index is 2.25. The van der Waals surface area contributed by atoms with E-state index in [1.54, 1.807) is 6.92 Å². The molecule has 0 bridgehead atoms. The third-order valence-corrected chi connectivity index (χ3v) is 3.53. The Morgan fingerprint density at radius 1 is 1.29 bits per heavy atom. The predicted molar refractivity (Wildman–Crippen MR) is 82.2 cm³/mol. The highest BCUT2D eigenvalue weighted by molar-refractivity contribution is 5.23. The molecule has 0 radical (unpaired) electrons. The summed E-state index contributed by atoms with van der Waals surface area (Å²) in [7, 11) is 0. The Labute approximate surface area is 124 Å². The van der Waals surface area contributed by atoms with Crippen LogP contribution in [0.1, 0.15) is 41.7 Å². The van der Waals surface area contributed by atoms with Gasteiger partial charge in [0.25, 0.3) is 5.56 Å². The zero-order valence-electron chi connectivity index (χ0n) is 12.6. The molecule has 0 saturated heterocycles. The van der Waals surface area contributed by atoms with Gasteiger partial charge >= 0.3 is 0 Å². The first-order valence-electron chi connectivity index (χ1n) is 7.02. The molecule has 0 aliphatic carbocycles. The third kappa shape index (κ3) is 3.56. The lowest BCUT2D eigenvalue weighted by Gasteiger charge is -2.22. The van der Waals surface area contributed by atoms with Gasteiger partial charge in [-0.25, -0.2) is 4.98 Å². The molecule has 0 saturated carbocycles. The van der Waals surface area contributed by atoms with E-state index in [1.165, 1.54) is 0 Å². The fourth-order valence-corrected chi connectivity index (χ4v) is 2.57. The SMILES string of the molecule is Cc1nc(C)c(C(C)N[C@H](CO)c2ccccc2)c(=O)[nH]1. The van der Waals surface area contributed by atoms with Crippen LogP contribution in [0, 0.1) is 13.8 Å². The lowest BCUT2D eigenvalue weighted by atomic mass is 10.0.